The Morgan fingerprint density at radius 3 is 2.71 bits per heavy atom. The van der Waals surface area contributed by atoms with Gasteiger partial charge in [0.2, 0.25) is 0 Å². The van der Waals surface area contributed by atoms with Crippen LogP contribution in [0, 0.1) is 5.92 Å². The summed E-state index contributed by atoms with van der Waals surface area (Å²) >= 11 is 0. The molecule has 1 aromatic heterocycles. The maximum atomic E-state index is 9.72. The molecule has 1 saturated heterocycles. The van der Waals surface area contributed by atoms with Gasteiger partial charge in [-0.25, -0.2) is 9.97 Å². The van der Waals surface area contributed by atoms with Crippen LogP contribution in [0.2, 0.25) is 0 Å². The zero-order valence-electron chi connectivity index (χ0n) is 12.1. The fraction of sp³-hybridized carbons (Fsp3) is 0.375. The van der Waals surface area contributed by atoms with Gasteiger partial charge in [0.25, 0.3) is 0 Å². The van der Waals surface area contributed by atoms with Crippen molar-refractivity contribution in [2.45, 2.75) is 19.4 Å². The summed E-state index contributed by atoms with van der Waals surface area (Å²) in [5.41, 5.74) is 6.89. The Morgan fingerprint density at radius 2 is 2.05 bits per heavy atom. The molecule has 5 heteroatoms. The van der Waals surface area contributed by atoms with Crippen molar-refractivity contribution in [3.63, 3.8) is 0 Å². The van der Waals surface area contributed by atoms with Crippen LogP contribution in [0.15, 0.2) is 36.4 Å². The summed E-state index contributed by atoms with van der Waals surface area (Å²) in [5, 5.41) is 9.72. The minimum atomic E-state index is -0.289. The van der Waals surface area contributed by atoms with Crippen molar-refractivity contribution in [2.75, 3.05) is 23.7 Å². The molecule has 2 unspecified atom stereocenters. The van der Waals surface area contributed by atoms with E-state index in [4.69, 9.17) is 5.73 Å². The molecule has 0 spiro atoms. The van der Waals surface area contributed by atoms with E-state index in [1.807, 2.05) is 37.3 Å². The number of aromatic nitrogens is 2. The third kappa shape index (κ3) is 2.97. The lowest BCUT2D eigenvalue weighted by molar-refractivity contribution is 0.136. The number of aliphatic hydroxyl groups excluding tert-OH is 1. The van der Waals surface area contributed by atoms with Crippen LogP contribution in [0.3, 0.4) is 0 Å². The average Bonchev–Trinajstić information content (AvgIpc) is 2.98. The second-order valence-electron chi connectivity index (χ2n) is 5.58. The Morgan fingerprint density at radius 1 is 1.29 bits per heavy atom. The summed E-state index contributed by atoms with van der Waals surface area (Å²) in [7, 11) is 0. The third-order valence-corrected chi connectivity index (χ3v) is 4.00. The summed E-state index contributed by atoms with van der Waals surface area (Å²) in [6, 6.07) is 11.6. The molecule has 2 atom stereocenters. The molecule has 0 radical (unpaired) electrons. The molecule has 2 heterocycles. The van der Waals surface area contributed by atoms with Crippen molar-refractivity contribution in [1.29, 1.82) is 0 Å². The lowest BCUT2D eigenvalue weighted by Gasteiger charge is -2.19. The highest BCUT2D eigenvalue weighted by Gasteiger charge is 2.27. The highest BCUT2D eigenvalue weighted by Crippen LogP contribution is 2.27. The van der Waals surface area contributed by atoms with E-state index >= 15 is 0 Å². The van der Waals surface area contributed by atoms with Crippen molar-refractivity contribution in [1.82, 2.24) is 9.97 Å². The molecule has 1 aliphatic heterocycles. The SMILES string of the molecule is CC(O)C1CCN(c2cc(N)nc(-c3ccccc3)n2)C1. The number of aliphatic hydroxyl groups is 1. The van der Waals surface area contributed by atoms with Crippen LogP contribution in [-0.2, 0) is 0 Å². The van der Waals surface area contributed by atoms with E-state index in [1.54, 1.807) is 6.07 Å². The highest BCUT2D eigenvalue weighted by molar-refractivity contribution is 5.61. The number of hydrogen-bond donors (Lipinski definition) is 2. The predicted octanol–water partition coefficient (Wildman–Crippen LogP) is 1.93. The Hall–Kier alpha value is -2.14. The number of hydrogen-bond acceptors (Lipinski definition) is 5. The summed E-state index contributed by atoms with van der Waals surface area (Å²) in [4.78, 5) is 11.1. The molecule has 1 aromatic carbocycles. The van der Waals surface area contributed by atoms with Gasteiger partial charge in [-0.1, -0.05) is 30.3 Å². The van der Waals surface area contributed by atoms with Crippen LogP contribution in [0.25, 0.3) is 11.4 Å². The third-order valence-electron chi connectivity index (χ3n) is 4.00. The van der Waals surface area contributed by atoms with E-state index in [-0.39, 0.29) is 6.10 Å². The molecule has 0 bridgehead atoms. The Balaban J connectivity index is 1.89. The number of benzene rings is 1. The van der Waals surface area contributed by atoms with E-state index in [1.165, 1.54) is 0 Å². The average molecular weight is 284 g/mol. The molecule has 2 aromatic rings. The van der Waals surface area contributed by atoms with Gasteiger partial charge in [0.05, 0.1) is 6.10 Å². The zero-order valence-corrected chi connectivity index (χ0v) is 12.1. The second-order valence-corrected chi connectivity index (χ2v) is 5.58. The van der Waals surface area contributed by atoms with Crippen LogP contribution in [0.1, 0.15) is 13.3 Å². The van der Waals surface area contributed by atoms with Gasteiger partial charge in [-0.15, -0.1) is 0 Å². The first kappa shape index (κ1) is 13.8. The number of anilines is 2. The van der Waals surface area contributed by atoms with Crippen LogP contribution in [0.5, 0.6) is 0 Å². The van der Waals surface area contributed by atoms with E-state index in [9.17, 15) is 5.11 Å². The van der Waals surface area contributed by atoms with Gasteiger partial charge >= 0.3 is 0 Å². The topological polar surface area (TPSA) is 75.3 Å². The molecule has 3 rings (SSSR count). The molecular formula is C16H20N4O. The standard InChI is InChI=1S/C16H20N4O/c1-11(21)13-7-8-20(10-13)15-9-14(17)18-16(19-15)12-5-3-2-4-6-12/h2-6,9,11,13,21H,7-8,10H2,1H3,(H2,17,18,19). The van der Waals surface area contributed by atoms with Crippen LogP contribution < -0.4 is 10.6 Å². The largest absolute Gasteiger partial charge is 0.393 e. The van der Waals surface area contributed by atoms with Crippen LogP contribution in [0.4, 0.5) is 11.6 Å². The van der Waals surface area contributed by atoms with Gasteiger partial charge in [-0.05, 0) is 13.3 Å². The molecule has 5 nitrogen and oxygen atoms in total. The summed E-state index contributed by atoms with van der Waals surface area (Å²) in [6.07, 6.45) is 0.685. The molecule has 110 valence electrons. The number of rotatable bonds is 3. The van der Waals surface area contributed by atoms with Gasteiger partial charge < -0.3 is 15.7 Å². The Bertz CT molecular complexity index is 615. The molecular weight excluding hydrogens is 264 g/mol. The van der Waals surface area contributed by atoms with Crippen LogP contribution >= 0.6 is 0 Å². The number of nitrogen functional groups attached to an aromatic ring is 1. The van der Waals surface area contributed by atoms with Crippen molar-refractivity contribution < 1.29 is 5.11 Å². The molecule has 1 aliphatic rings. The molecule has 1 fully saturated rings. The fourth-order valence-corrected chi connectivity index (χ4v) is 2.72. The van der Waals surface area contributed by atoms with E-state index in [0.29, 0.717) is 17.6 Å². The molecule has 0 aliphatic carbocycles. The van der Waals surface area contributed by atoms with Gasteiger partial charge in [0.1, 0.15) is 11.6 Å². The summed E-state index contributed by atoms with van der Waals surface area (Å²) in [6.45, 7) is 3.54. The first-order valence-corrected chi connectivity index (χ1v) is 7.26. The summed E-state index contributed by atoms with van der Waals surface area (Å²) in [5.74, 6) is 2.25. The van der Waals surface area contributed by atoms with E-state index in [2.05, 4.69) is 14.9 Å². The van der Waals surface area contributed by atoms with E-state index < -0.39 is 0 Å². The first-order chi connectivity index (χ1) is 10.1. The van der Waals surface area contributed by atoms with Crippen molar-refractivity contribution in [3.05, 3.63) is 36.4 Å². The predicted molar refractivity (Wildman–Crippen MR) is 83.9 cm³/mol. The monoisotopic (exact) mass is 284 g/mol. The van der Waals surface area contributed by atoms with Crippen molar-refractivity contribution in [2.24, 2.45) is 5.92 Å². The van der Waals surface area contributed by atoms with Crippen molar-refractivity contribution in [3.8, 4) is 11.4 Å². The Kier molecular flexibility index (Phi) is 3.75. The van der Waals surface area contributed by atoms with Crippen LogP contribution in [-0.4, -0.2) is 34.3 Å². The second kappa shape index (κ2) is 5.69. The molecule has 0 saturated carbocycles. The number of nitrogens with zero attached hydrogens (tertiary/aromatic N) is 3. The summed E-state index contributed by atoms with van der Waals surface area (Å²) < 4.78 is 0. The normalized spacial score (nSPS) is 19.7. The molecule has 0 amide bonds. The fourth-order valence-electron chi connectivity index (χ4n) is 2.72. The minimum Gasteiger partial charge on any atom is -0.393 e. The van der Waals surface area contributed by atoms with Gasteiger partial charge in [-0.3, -0.25) is 0 Å². The Labute approximate surface area is 124 Å². The molecule has 3 N–H and O–H groups in total. The maximum Gasteiger partial charge on any atom is 0.163 e. The van der Waals surface area contributed by atoms with Gasteiger partial charge in [0, 0.05) is 30.6 Å². The smallest absolute Gasteiger partial charge is 0.163 e. The number of nitrogens with two attached hydrogens (primary N) is 1. The zero-order chi connectivity index (χ0) is 14.8. The van der Waals surface area contributed by atoms with E-state index in [0.717, 1.165) is 30.9 Å². The van der Waals surface area contributed by atoms with Gasteiger partial charge in [-0.2, -0.15) is 0 Å². The molecule has 21 heavy (non-hydrogen) atoms. The van der Waals surface area contributed by atoms with Crippen molar-refractivity contribution >= 4 is 11.6 Å². The lowest BCUT2D eigenvalue weighted by atomic mass is 10.0. The van der Waals surface area contributed by atoms with Gasteiger partial charge in [0.15, 0.2) is 5.82 Å². The highest BCUT2D eigenvalue weighted by atomic mass is 16.3. The minimum absolute atomic E-state index is 0.289. The lowest BCUT2D eigenvalue weighted by Crippen LogP contribution is -2.25. The quantitative estimate of drug-likeness (QED) is 0.901. The maximum absolute atomic E-state index is 9.72. The first-order valence-electron chi connectivity index (χ1n) is 7.26.